The number of nitro groups is 1. The maximum absolute atomic E-state index is 12.4. The maximum atomic E-state index is 12.4. The standard InChI is InChI=1S/C20H21N3O7S/c1-12-4-8-16(31(28,29)22-14-5-6-14)10-17(12)20(25)30-11-19(24)21-18-9-15(23(26)27)7-3-13(18)2/h3-4,7-10,14,22H,5-6,11H2,1-2H3,(H,21,24). The molecule has 1 aliphatic rings. The van der Waals surface area contributed by atoms with Crippen molar-refractivity contribution in [1.82, 2.24) is 4.72 Å². The summed E-state index contributed by atoms with van der Waals surface area (Å²) < 4.78 is 32.3. The minimum absolute atomic E-state index is 0.0259. The van der Waals surface area contributed by atoms with Crippen LogP contribution in [-0.2, 0) is 19.6 Å². The van der Waals surface area contributed by atoms with Gasteiger partial charge < -0.3 is 10.1 Å². The Morgan fingerprint density at radius 1 is 1.13 bits per heavy atom. The van der Waals surface area contributed by atoms with Crippen molar-refractivity contribution < 1.29 is 27.7 Å². The number of hydrogen-bond acceptors (Lipinski definition) is 7. The summed E-state index contributed by atoms with van der Waals surface area (Å²) in [5, 5.41) is 13.4. The summed E-state index contributed by atoms with van der Waals surface area (Å²) in [5.41, 5.74) is 1.16. The second-order valence-electron chi connectivity index (χ2n) is 7.25. The molecule has 0 saturated heterocycles. The van der Waals surface area contributed by atoms with Crippen molar-refractivity contribution in [3.8, 4) is 0 Å². The molecule has 0 bridgehead atoms. The molecule has 1 fully saturated rings. The molecule has 10 nitrogen and oxygen atoms in total. The van der Waals surface area contributed by atoms with Crippen LogP contribution in [0.25, 0.3) is 0 Å². The van der Waals surface area contributed by atoms with E-state index in [9.17, 15) is 28.1 Å². The molecule has 164 valence electrons. The average Bonchev–Trinajstić information content (AvgIpc) is 3.51. The molecule has 1 saturated carbocycles. The first kappa shape index (κ1) is 22.4. The number of ether oxygens (including phenoxy) is 1. The van der Waals surface area contributed by atoms with Crippen LogP contribution in [-0.4, -0.2) is 37.9 Å². The van der Waals surface area contributed by atoms with Gasteiger partial charge in [-0.25, -0.2) is 17.9 Å². The summed E-state index contributed by atoms with van der Waals surface area (Å²) in [6, 6.07) is 8.03. The number of nitrogens with one attached hydrogen (secondary N) is 2. The van der Waals surface area contributed by atoms with Gasteiger partial charge >= 0.3 is 5.97 Å². The van der Waals surface area contributed by atoms with E-state index in [0.717, 1.165) is 12.8 Å². The van der Waals surface area contributed by atoms with Gasteiger partial charge in [0.15, 0.2) is 6.61 Å². The van der Waals surface area contributed by atoms with Gasteiger partial charge in [0.25, 0.3) is 11.6 Å². The summed E-state index contributed by atoms with van der Waals surface area (Å²) in [5.74, 6) is -1.54. The second kappa shape index (κ2) is 8.82. The number of anilines is 1. The van der Waals surface area contributed by atoms with E-state index >= 15 is 0 Å². The van der Waals surface area contributed by atoms with E-state index in [1.54, 1.807) is 13.8 Å². The number of nitro benzene ring substituents is 1. The van der Waals surface area contributed by atoms with Gasteiger partial charge in [0, 0.05) is 18.2 Å². The third-order valence-electron chi connectivity index (χ3n) is 4.68. The van der Waals surface area contributed by atoms with Gasteiger partial charge in [-0.15, -0.1) is 0 Å². The number of nitrogens with zero attached hydrogens (tertiary/aromatic N) is 1. The van der Waals surface area contributed by atoms with Crippen LogP contribution in [0.2, 0.25) is 0 Å². The first-order valence-electron chi connectivity index (χ1n) is 9.42. The van der Waals surface area contributed by atoms with Crippen molar-refractivity contribution in [2.45, 2.75) is 37.6 Å². The highest BCUT2D eigenvalue weighted by Crippen LogP contribution is 2.24. The lowest BCUT2D eigenvalue weighted by molar-refractivity contribution is -0.384. The molecule has 1 amide bonds. The molecule has 2 aromatic carbocycles. The topological polar surface area (TPSA) is 145 Å². The third-order valence-corrected chi connectivity index (χ3v) is 6.20. The number of rotatable bonds is 8. The van der Waals surface area contributed by atoms with E-state index in [1.165, 1.54) is 36.4 Å². The van der Waals surface area contributed by atoms with Crippen molar-refractivity contribution in [2.24, 2.45) is 0 Å². The van der Waals surface area contributed by atoms with Gasteiger partial charge in [-0.1, -0.05) is 12.1 Å². The molecule has 0 unspecified atom stereocenters. The average molecular weight is 447 g/mol. The zero-order valence-electron chi connectivity index (χ0n) is 16.9. The van der Waals surface area contributed by atoms with E-state index in [0.29, 0.717) is 11.1 Å². The number of aryl methyl sites for hydroxylation is 2. The van der Waals surface area contributed by atoms with E-state index in [1.807, 2.05) is 0 Å². The number of non-ortho nitro benzene ring substituents is 1. The van der Waals surface area contributed by atoms with Crippen LogP contribution in [0.1, 0.15) is 34.3 Å². The number of amides is 1. The predicted octanol–water partition coefficient (Wildman–Crippen LogP) is 2.45. The minimum atomic E-state index is -3.75. The first-order chi connectivity index (χ1) is 14.6. The van der Waals surface area contributed by atoms with Crippen LogP contribution in [0.5, 0.6) is 0 Å². The van der Waals surface area contributed by atoms with Crippen LogP contribution >= 0.6 is 0 Å². The summed E-state index contributed by atoms with van der Waals surface area (Å²) in [6.45, 7) is 2.64. The first-order valence-corrected chi connectivity index (χ1v) is 10.9. The number of benzene rings is 2. The number of carbonyl (C=O) groups is 2. The van der Waals surface area contributed by atoms with Crippen LogP contribution in [0, 0.1) is 24.0 Å². The van der Waals surface area contributed by atoms with E-state index < -0.39 is 33.4 Å². The summed E-state index contributed by atoms with van der Waals surface area (Å²) in [4.78, 5) is 34.8. The smallest absolute Gasteiger partial charge is 0.338 e. The summed E-state index contributed by atoms with van der Waals surface area (Å²) in [6.07, 6.45) is 1.55. The Hall–Kier alpha value is -3.31. The molecule has 2 aromatic rings. The lowest BCUT2D eigenvalue weighted by Gasteiger charge is -2.11. The highest BCUT2D eigenvalue weighted by molar-refractivity contribution is 7.89. The molecule has 0 aromatic heterocycles. The molecule has 0 radical (unpaired) electrons. The molecule has 1 aliphatic carbocycles. The second-order valence-corrected chi connectivity index (χ2v) is 8.97. The van der Waals surface area contributed by atoms with Gasteiger partial charge in [0.2, 0.25) is 10.0 Å². The van der Waals surface area contributed by atoms with Crippen LogP contribution in [0.15, 0.2) is 41.3 Å². The minimum Gasteiger partial charge on any atom is -0.452 e. The lowest BCUT2D eigenvalue weighted by atomic mass is 10.1. The Labute approximate surface area is 178 Å². The predicted molar refractivity (Wildman–Crippen MR) is 111 cm³/mol. The largest absolute Gasteiger partial charge is 0.452 e. The molecule has 11 heteroatoms. The number of sulfonamides is 1. The zero-order chi connectivity index (χ0) is 22.8. The summed E-state index contributed by atoms with van der Waals surface area (Å²) in [7, 11) is -3.75. The monoisotopic (exact) mass is 447 g/mol. The van der Waals surface area contributed by atoms with Gasteiger partial charge in [0.1, 0.15) is 0 Å². The molecule has 3 rings (SSSR count). The third kappa shape index (κ3) is 5.64. The normalized spacial score (nSPS) is 13.5. The fraction of sp³-hybridized carbons (Fsp3) is 0.300. The van der Waals surface area contributed by atoms with Crippen molar-refractivity contribution in [1.29, 1.82) is 0 Å². The van der Waals surface area contributed by atoms with E-state index in [4.69, 9.17) is 4.74 Å². The lowest BCUT2D eigenvalue weighted by Crippen LogP contribution is -2.26. The van der Waals surface area contributed by atoms with Crippen molar-refractivity contribution in [2.75, 3.05) is 11.9 Å². The van der Waals surface area contributed by atoms with Gasteiger partial charge in [0.05, 0.1) is 21.1 Å². The van der Waals surface area contributed by atoms with Crippen molar-refractivity contribution >= 4 is 33.3 Å². The fourth-order valence-corrected chi connectivity index (χ4v) is 4.06. The molecule has 0 heterocycles. The van der Waals surface area contributed by atoms with Gasteiger partial charge in [-0.3, -0.25) is 14.9 Å². The van der Waals surface area contributed by atoms with E-state index in [2.05, 4.69) is 10.0 Å². The van der Waals surface area contributed by atoms with Crippen molar-refractivity contribution in [3.05, 3.63) is 63.2 Å². The Balaban J connectivity index is 1.66. The summed E-state index contributed by atoms with van der Waals surface area (Å²) >= 11 is 0. The van der Waals surface area contributed by atoms with Gasteiger partial charge in [-0.05, 0) is 49.9 Å². The SMILES string of the molecule is Cc1ccc([N+](=O)[O-])cc1NC(=O)COC(=O)c1cc(S(=O)(=O)NC2CC2)ccc1C. The Morgan fingerprint density at radius 3 is 2.45 bits per heavy atom. The van der Waals surface area contributed by atoms with Crippen molar-refractivity contribution in [3.63, 3.8) is 0 Å². The maximum Gasteiger partial charge on any atom is 0.338 e. The van der Waals surface area contributed by atoms with Crippen LogP contribution in [0.3, 0.4) is 0 Å². The Bertz CT molecular complexity index is 1160. The zero-order valence-corrected chi connectivity index (χ0v) is 17.7. The quantitative estimate of drug-likeness (QED) is 0.359. The fourth-order valence-electron chi connectivity index (χ4n) is 2.73. The van der Waals surface area contributed by atoms with E-state index in [-0.39, 0.29) is 27.9 Å². The molecular weight excluding hydrogens is 426 g/mol. The molecule has 2 N–H and O–H groups in total. The molecule has 0 aliphatic heterocycles. The van der Waals surface area contributed by atoms with Crippen LogP contribution in [0.4, 0.5) is 11.4 Å². The Morgan fingerprint density at radius 2 is 1.81 bits per heavy atom. The molecule has 0 atom stereocenters. The number of esters is 1. The molecule has 0 spiro atoms. The van der Waals surface area contributed by atoms with Gasteiger partial charge in [-0.2, -0.15) is 0 Å². The highest BCUT2D eigenvalue weighted by Gasteiger charge is 2.28. The van der Waals surface area contributed by atoms with Crippen LogP contribution < -0.4 is 10.0 Å². The highest BCUT2D eigenvalue weighted by atomic mass is 32.2. The number of carbonyl (C=O) groups excluding carboxylic acids is 2. The molecule has 31 heavy (non-hydrogen) atoms. The number of hydrogen-bond donors (Lipinski definition) is 2. The molecular formula is C20H21N3O7S. The Kier molecular flexibility index (Phi) is 6.37.